The van der Waals surface area contributed by atoms with Crippen LogP contribution in [0.15, 0.2) is 36.5 Å². The maximum Gasteiger partial charge on any atom is 0.306 e. The fourth-order valence-electron chi connectivity index (χ4n) is 8.41. The molecule has 66 heavy (non-hydrogen) atoms. The zero-order valence-electron chi connectivity index (χ0n) is 42.3. The van der Waals surface area contributed by atoms with Crippen LogP contribution in [0.1, 0.15) is 239 Å². The van der Waals surface area contributed by atoms with E-state index < -0.39 is 67.4 Å². The molecule has 0 aromatic heterocycles. The average Bonchev–Trinajstić information content (AvgIpc) is 3.31. The van der Waals surface area contributed by atoms with Crippen molar-refractivity contribution in [3.05, 3.63) is 36.5 Å². The smallest absolute Gasteiger partial charge is 0.306 e. The molecule has 6 N–H and O–H groups in total. The van der Waals surface area contributed by atoms with Gasteiger partial charge in [-0.15, -0.1) is 0 Å². The van der Waals surface area contributed by atoms with Crippen LogP contribution in [0.5, 0.6) is 0 Å². The summed E-state index contributed by atoms with van der Waals surface area (Å²) in [6, 6.07) is -1.03. The molecule has 1 heterocycles. The molecule has 0 bridgehead atoms. The maximum atomic E-state index is 13.3. The van der Waals surface area contributed by atoms with Crippen LogP contribution in [0, 0.1) is 0 Å². The first-order chi connectivity index (χ1) is 32.2. The number of esters is 1. The van der Waals surface area contributed by atoms with Crippen LogP contribution in [0.25, 0.3) is 0 Å². The first-order valence-corrected chi connectivity index (χ1v) is 27.3. The number of nitrogens with one attached hydrogen (secondary N) is 1. The molecular formula is C55H101NO10. The lowest BCUT2D eigenvalue weighted by atomic mass is 9.99. The molecule has 0 aliphatic carbocycles. The molecule has 11 heteroatoms. The van der Waals surface area contributed by atoms with Crippen molar-refractivity contribution in [2.45, 2.75) is 288 Å². The SMILES string of the molecule is CCCCCCCC/C=C\C/C=C/CCC(=O)OC1C(OCC(NC(=O)C(O)CCCCCCCCCCCCCC)C(O)/C=C/CCCCCCCCCCCC)OC(CO)C(O)C1O. The minimum atomic E-state index is -1.63. The number of amides is 1. The standard InChI is InChI=1S/C55H101NO10/c1-4-7-10-13-16-19-22-25-28-31-34-37-40-43-50(60)66-53-52(62)51(61)49(44-57)65-55(53)64-45-46(47(58)41-38-35-32-29-26-23-20-17-14-11-8-5-2)56-54(63)48(59)42-39-36-33-30-27-24-21-18-15-12-9-6-3/h25,28,34,37-38,41,46-49,51-53,55,57-59,61-62H,4-24,26-27,29-33,35-36,39-40,42-45H2,1-3H3,(H,56,63)/b28-25-,37-34+,41-38+. The van der Waals surface area contributed by atoms with E-state index in [9.17, 15) is 35.1 Å². The summed E-state index contributed by atoms with van der Waals surface area (Å²) in [5, 5.41) is 56.6. The lowest BCUT2D eigenvalue weighted by molar-refractivity contribution is -0.305. The van der Waals surface area contributed by atoms with E-state index in [0.29, 0.717) is 19.3 Å². The van der Waals surface area contributed by atoms with Crippen molar-refractivity contribution in [1.82, 2.24) is 5.32 Å². The van der Waals surface area contributed by atoms with E-state index in [0.717, 1.165) is 51.4 Å². The Morgan fingerprint density at radius 1 is 0.591 bits per heavy atom. The van der Waals surface area contributed by atoms with E-state index in [-0.39, 0.29) is 13.0 Å². The van der Waals surface area contributed by atoms with Gasteiger partial charge in [0, 0.05) is 6.42 Å². The Labute approximate surface area is 403 Å². The van der Waals surface area contributed by atoms with Gasteiger partial charge in [-0.25, -0.2) is 0 Å². The van der Waals surface area contributed by atoms with Crippen LogP contribution in [0.4, 0.5) is 0 Å². The molecule has 0 radical (unpaired) electrons. The van der Waals surface area contributed by atoms with E-state index in [1.165, 1.54) is 141 Å². The van der Waals surface area contributed by atoms with Crippen molar-refractivity contribution >= 4 is 11.9 Å². The monoisotopic (exact) mass is 936 g/mol. The number of ether oxygens (including phenoxy) is 3. The number of aliphatic hydroxyl groups is 5. The van der Waals surface area contributed by atoms with Crippen LogP contribution in [-0.2, 0) is 23.8 Å². The van der Waals surface area contributed by atoms with E-state index in [2.05, 4.69) is 38.2 Å². The molecule has 386 valence electrons. The van der Waals surface area contributed by atoms with E-state index >= 15 is 0 Å². The summed E-state index contributed by atoms with van der Waals surface area (Å²) >= 11 is 0. The molecule has 1 aliphatic heterocycles. The molecule has 1 fully saturated rings. The second-order valence-corrected chi connectivity index (χ2v) is 19.0. The van der Waals surface area contributed by atoms with Crippen molar-refractivity contribution in [3.8, 4) is 0 Å². The molecule has 1 aliphatic rings. The fourth-order valence-corrected chi connectivity index (χ4v) is 8.41. The van der Waals surface area contributed by atoms with Gasteiger partial charge in [0.2, 0.25) is 5.91 Å². The molecule has 0 aromatic carbocycles. The average molecular weight is 936 g/mol. The predicted octanol–water partition coefficient (Wildman–Crippen LogP) is 11.6. The summed E-state index contributed by atoms with van der Waals surface area (Å²) in [5.41, 5.74) is 0. The summed E-state index contributed by atoms with van der Waals surface area (Å²) in [4.78, 5) is 26.3. The Balaban J connectivity index is 2.80. The van der Waals surface area contributed by atoms with E-state index in [1.54, 1.807) is 6.08 Å². The van der Waals surface area contributed by atoms with Gasteiger partial charge >= 0.3 is 5.97 Å². The number of hydrogen-bond acceptors (Lipinski definition) is 10. The highest BCUT2D eigenvalue weighted by atomic mass is 16.7. The zero-order valence-corrected chi connectivity index (χ0v) is 42.3. The number of unbranched alkanes of at least 4 members (excludes halogenated alkanes) is 27. The van der Waals surface area contributed by atoms with Crippen LogP contribution < -0.4 is 5.32 Å². The second-order valence-electron chi connectivity index (χ2n) is 19.0. The third-order valence-corrected chi connectivity index (χ3v) is 12.8. The van der Waals surface area contributed by atoms with Crippen molar-refractivity contribution in [1.29, 1.82) is 0 Å². The highest BCUT2D eigenvalue weighted by Crippen LogP contribution is 2.26. The Hall–Kier alpha value is -2.12. The van der Waals surface area contributed by atoms with Crippen LogP contribution >= 0.6 is 0 Å². The minimum Gasteiger partial charge on any atom is -0.454 e. The third kappa shape index (κ3) is 32.6. The van der Waals surface area contributed by atoms with Crippen molar-refractivity contribution in [2.24, 2.45) is 0 Å². The fraction of sp³-hybridized carbons (Fsp3) is 0.855. The Bertz CT molecular complexity index is 1210. The lowest BCUT2D eigenvalue weighted by Crippen LogP contribution is -2.61. The van der Waals surface area contributed by atoms with Crippen LogP contribution in [0.3, 0.4) is 0 Å². The van der Waals surface area contributed by atoms with Crippen molar-refractivity contribution < 1.29 is 49.3 Å². The van der Waals surface area contributed by atoms with Gasteiger partial charge in [0.15, 0.2) is 12.4 Å². The van der Waals surface area contributed by atoms with Crippen molar-refractivity contribution in [3.63, 3.8) is 0 Å². The van der Waals surface area contributed by atoms with Gasteiger partial charge in [-0.1, -0.05) is 224 Å². The van der Waals surface area contributed by atoms with Gasteiger partial charge in [-0.2, -0.15) is 0 Å². The number of rotatable bonds is 45. The second kappa shape index (κ2) is 44.1. The summed E-state index contributed by atoms with van der Waals surface area (Å²) in [7, 11) is 0. The quantitative estimate of drug-likeness (QED) is 0.0196. The van der Waals surface area contributed by atoms with Gasteiger partial charge in [-0.3, -0.25) is 9.59 Å². The molecule has 8 unspecified atom stereocenters. The minimum absolute atomic E-state index is 0.0196. The Morgan fingerprint density at radius 3 is 1.55 bits per heavy atom. The Morgan fingerprint density at radius 2 is 1.05 bits per heavy atom. The topological polar surface area (TPSA) is 175 Å². The van der Waals surface area contributed by atoms with Gasteiger partial charge in [0.25, 0.3) is 0 Å². The highest BCUT2D eigenvalue weighted by Gasteiger charge is 2.47. The van der Waals surface area contributed by atoms with Crippen LogP contribution in [-0.4, -0.2) is 99.6 Å². The van der Waals surface area contributed by atoms with Gasteiger partial charge in [-0.05, 0) is 44.9 Å². The van der Waals surface area contributed by atoms with Gasteiger partial charge in [0.1, 0.15) is 24.4 Å². The van der Waals surface area contributed by atoms with Gasteiger partial charge in [0.05, 0.1) is 25.4 Å². The van der Waals surface area contributed by atoms with Gasteiger partial charge < -0.3 is 45.1 Å². The number of hydrogen-bond donors (Lipinski definition) is 6. The van der Waals surface area contributed by atoms with E-state index in [1.807, 2.05) is 18.2 Å². The summed E-state index contributed by atoms with van der Waals surface area (Å²) < 4.78 is 17.5. The van der Waals surface area contributed by atoms with E-state index in [4.69, 9.17) is 14.2 Å². The normalized spacial score (nSPS) is 20.4. The van der Waals surface area contributed by atoms with Crippen LogP contribution in [0.2, 0.25) is 0 Å². The Kier molecular flexibility index (Phi) is 41.4. The van der Waals surface area contributed by atoms with Crippen molar-refractivity contribution in [2.75, 3.05) is 13.2 Å². The predicted molar refractivity (Wildman–Crippen MR) is 269 cm³/mol. The molecule has 1 rings (SSSR count). The maximum absolute atomic E-state index is 13.3. The highest BCUT2D eigenvalue weighted by molar-refractivity contribution is 5.80. The molecule has 8 atom stereocenters. The number of allylic oxidation sites excluding steroid dienone is 5. The first-order valence-electron chi connectivity index (χ1n) is 27.3. The molecule has 1 amide bonds. The molecular weight excluding hydrogens is 835 g/mol. The lowest BCUT2D eigenvalue weighted by Gasteiger charge is -2.41. The molecule has 0 saturated carbocycles. The largest absolute Gasteiger partial charge is 0.454 e. The molecule has 11 nitrogen and oxygen atoms in total. The molecule has 0 spiro atoms. The number of carbonyl (C=O) groups excluding carboxylic acids is 2. The molecule has 0 aromatic rings. The summed E-state index contributed by atoms with van der Waals surface area (Å²) in [6.45, 7) is 5.72. The zero-order chi connectivity index (χ0) is 48.3. The summed E-state index contributed by atoms with van der Waals surface area (Å²) in [6.07, 6.45) is 39.2. The number of aliphatic hydroxyl groups excluding tert-OH is 5. The third-order valence-electron chi connectivity index (χ3n) is 12.8. The molecule has 1 saturated heterocycles. The first kappa shape index (κ1) is 61.9. The summed E-state index contributed by atoms with van der Waals surface area (Å²) in [5.74, 6) is -1.26. The number of carbonyl (C=O) groups is 2.